The molecule has 0 saturated heterocycles. The van der Waals surface area contributed by atoms with Gasteiger partial charge in [0.05, 0.1) is 9.92 Å². The lowest BCUT2D eigenvalue weighted by Crippen LogP contribution is -2.37. The molecule has 2 atom stereocenters. The van der Waals surface area contributed by atoms with Crippen LogP contribution >= 0.6 is 43.5 Å². The molecule has 0 amide bonds. The van der Waals surface area contributed by atoms with Gasteiger partial charge in [0.15, 0.2) is 0 Å². The highest BCUT2D eigenvalue weighted by atomic mass is 79.9. The molecule has 0 spiro atoms. The van der Waals surface area contributed by atoms with Gasteiger partial charge in [-0.15, -0.1) is 0 Å². The van der Waals surface area contributed by atoms with Crippen molar-refractivity contribution in [1.82, 2.24) is 4.72 Å². The van der Waals surface area contributed by atoms with Gasteiger partial charge in [-0.25, -0.2) is 13.1 Å². The third kappa shape index (κ3) is 4.20. The smallest absolute Gasteiger partial charge is 0.208 e. The maximum absolute atomic E-state index is 12.1. The largest absolute Gasteiger partial charge is 0.240 e. The molecule has 0 aromatic heterocycles. The molecule has 0 fully saturated rings. The summed E-state index contributed by atoms with van der Waals surface area (Å²) in [7, 11) is -3.51. The molecule has 0 bridgehead atoms. The van der Waals surface area contributed by atoms with E-state index in [1.807, 2.05) is 13.8 Å². The Kier molecular flexibility index (Phi) is 6.12. The second kappa shape index (κ2) is 6.70. The van der Waals surface area contributed by atoms with Gasteiger partial charge in [-0.05, 0) is 47.0 Å². The van der Waals surface area contributed by atoms with Crippen LogP contribution in [0.2, 0.25) is 5.02 Å². The molecule has 0 aliphatic heterocycles. The predicted molar refractivity (Wildman–Crippen MR) is 81.9 cm³/mol. The Morgan fingerprint density at radius 2 is 2.00 bits per heavy atom. The molecule has 2 unspecified atom stereocenters. The lowest BCUT2D eigenvalue weighted by Gasteiger charge is -2.19. The fraction of sp³-hybridized carbons (Fsp3) is 0.455. The van der Waals surface area contributed by atoms with E-state index in [-0.39, 0.29) is 16.9 Å². The molecule has 3 nitrogen and oxygen atoms in total. The summed E-state index contributed by atoms with van der Waals surface area (Å²) in [6.07, 6.45) is 0. The number of sulfonamides is 1. The predicted octanol–water partition coefficient (Wildman–Crippen LogP) is 3.80. The molecule has 1 N–H and O–H groups in total. The van der Waals surface area contributed by atoms with Crippen LogP contribution in [0.5, 0.6) is 0 Å². The maximum atomic E-state index is 12.1. The average Bonchev–Trinajstić information content (AvgIpc) is 2.30. The van der Waals surface area contributed by atoms with E-state index in [4.69, 9.17) is 11.6 Å². The Bertz CT molecular complexity index is 522. The first-order valence-corrected chi connectivity index (χ1v) is 9.09. The van der Waals surface area contributed by atoms with Crippen LogP contribution < -0.4 is 4.72 Å². The number of halogens is 3. The monoisotopic (exact) mass is 417 g/mol. The Balaban J connectivity index is 2.96. The second-order valence-electron chi connectivity index (χ2n) is 4.12. The molecule has 18 heavy (non-hydrogen) atoms. The van der Waals surface area contributed by atoms with E-state index in [0.717, 1.165) is 5.33 Å². The van der Waals surface area contributed by atoms with E-state index < -0.39 is 10.0 Å². The van der Waals surface area contributed by atoms with Crippen molar-refractivity contribution in [2.45, 2.75) is 24.8 Å². The first-order valence-electron chi connectivity index (χ1n) is 5.31. The van der Waals surface area contributed by atoms with Crippen LogP contribution in [-0.4, -0.2) is 19.8 Å². The van der Waals surface area contributed by atoms with E-state index in [1.54, 1.807) is 6.07 Å². The van der Waals surface area contributed by atoms with E-state index in [1.165, 1.54) is 12.1 Å². The van der Waals surface area contributed by atoms with Crippen LogP contribution in [0.25, 0.3) is 0 Å². The molecule has 0 heterocycles. The summed E-state index contributed by atoms with van der Waals surface area (Å²) >= 11 is 12.4. The highest BCUT2D eigenvalue weighted by molar-refractivity contribution is 9.10. The van der Waals surface area contributed by atoms with Crippen molar-refractivity contribution in [3.63, 3.8) is 0 Å². The van der Waals surface area contributed by atoms with E-state index in [9.17, 15) is 8.42 Å². The molecular formula is C11H14Br2ClNO2S. The first kappa shape index (κ1) is 16.4. The molecule has 0 radical (unpaired) electrons. The molecule has 0 aliphatic carbocycles. The zero-order chi connectivity index (χ0) is 13.9. The van der Waals surface area contributed by atoms with Gasteiger partial charge in [0.1, 0.15) is 0 Å². The van der Waals surface area contributed by atoms with Crippen molar-refractivity contribution in [2.24, 2.45) is 5.92 Å². The number of benzene rings is 1. The highest BCUT2D eigenvalue weighted by Gasteiger charge is 2.21. The zero-order valence-corrected chi connectivity index (χ0v) is 14.7. The minimum absolute atomic E-state index is 0.149. The number of hydrogen-bond donors (Lipinski definition) is 1. The minimum Gasteiger partial charge on any atom is -0.208 e. The average molecular weight is 420 g/mol. The molecular weight excluding hydrogens is 405 g/mol. The lowest BCUT2D eigenvalue weighted by atomic mass is 10.1. The van der Waals surface area contributed by atoms with E-state index >= 15 is 0 Å². The van der Waals surface area contributed by atoms with Crippen LogP contribution in [0.3, 0.4) is 0 Å². The van der Waals surface area contributed by atoms with Crippen LogP contribution in [0.1, 0.15) is 13.8 Å². The van der Waals surface area contributed by atoms with Crippen molar-refractivity contribution >= 4 is 53.5 Å². The van der Waals surface area contributed by atoms with Crippen LogP contribution in [0, 0.1) is 5.92 Å². The van der Waals surface area contributed by atoms with Gasteiger partial charge in [0.25, 0.3) is 0 Å². The maximum Gasteiger partial charge on any atom is 0.240 e. The van der Waals surface area contributed by atoms with Crippen molar-refractivity contribution in [2.75, 3.05) is 5.33 Å². The normalized spacial score (nSPS) is 15.4. The summed E-state index contributed by atoms with van der Waals surface area (Å²) in [4.78, 5) is 0.201. The summed E-state index contributed by atoms with van der Waals surface area (Å²) in [5.74, 6) is 0.204. The Hall–Kier alpha value is 0.380. The van der Waals surface area contributed by atoms with Gasteiger partial charge in [0, 0.05) is 15.8 Å². The zero-order valence-electron chi connectivity index (χ0n) is 9.95. The van der Waals surface area contributed by atoms with E-state index in [0.29, 0.717) is 9.50 Å². The van der Waals surface area contributed by atoms with Crippen molar-refractivity contribution in [3.05, 3.63) is 27.7 Å². The van der Waals surface area contributed by atoms with Crippen molar-refractivity contribution in [1.29, 1.82) is 0 Å². The molecule has 1 aromatic rings. The highest BCUT2D eigenvalue weighted by Crippen LogP contribution is 2.25. The molecule has 0 aliphatic rings. The number of alkyl halides is 1. The summed E-state index contributed by atoms with van der Waals surface area (Å²) in [5, 5.41) is 1.22. The Morgan fingerprint density at radius 3 is 2.50 bits per heavy atom. The van der Waals surface area contributed by atoms with Crippen molar-refractivity contribution in [3.8, 4) is 0 Å². The third-order valence-electron chi connectivity index (χ3n) is 2.64. The van der Waals surface area contributed by atoms with Crippen LogP contribution in [-0.2, 0) is 10.0 Å². The quantitative estimate of drug-likeness (QED) is 0.738. The molecule has 0 saturated carbocycles. The first-order chi connectivity index (χ1) is 8.27. The number of hydrogen-bond acceptors (Lipinski definition) is 2. The van der Waals surface area contributed by atoms with Gasteiger partial charge in [-0.1, -0.05) is 34.5 Å². The molecule has 7 heteroatoms. The minimum atomic E-state index is -3.51. The number of nitrogens with one attached hydrogen (secondary N) is 1. The summed E-state index contributed by atoms with van der Waals surface area (Å²) in [6.45, 7) is 3.81. The van der Waals surface area contributed by atoms with Gasteiger partial charge >= 0.3 is 0 Å². The van der Waals surface area contributed by atoms with Gasteiger partial charge in [-0.2, -0.15) is 0 Å². The topological polar surface area (TPSA) is 46.2 Å². The lowest BCUT2D eigenvalue weighted by molar-refractivity contribution is 0.484. The Labute approximate surface area is 130 Å². The summed E-state index contributed by atoms with van der Waals surface area (Å²) in [5.41, 5.74) is 0. The van der Waals surface area contributed by atoms with Gasteiger partial charge < -0.3 is 0 Å². The fourth-order valence-electron chi connectivity index (χ4n) is 1.21. The molecule has 102 valence electrons. The second-order valence-corrected chi connectivity index (χ2v) is 7.74. The van der Waals surface area contributed by atoms with Gasteiger partial charge in [-0.3, -0.25) is 0 Å². The SMILES string of the molecule is CC(CBr)C(C)NS(=O)(=O)c1ccc(Cl)c(Br)c1. The summed E-state index contributed by atoms with van der Waals surface area (Å²) in [6, 6.07) is 4.39. The fourth-order valence-corrected chi connectivity index (χ4v) is 3.79. The molecule has 1 aromatic carbocycles. The standard InChI is InChI=1S/C11H14Br2ClNO2S/c1-7(6-12)8(2)15-18(16,17)9-3-4-11(14)10(13)5-9/h3-5,7-8,15H,6H2,1-2H3. The summed E-state index contributed by atoms with van der Waals surface area (Å²) < 4.78 is 27.5. The van der Waals surface area contributed by atoms with Gasteiger partial charge in [0.2, 0.25) is 10.0 Å². The van der Waals surface area contributed by atoms with Crippen molar-refractivity contribution < 1.29 is 8.42 Å². The van der Waals surface area contributed by atoms with Crippen LogP contribution in [0.15, 0.2) is 27.6 Å². The Morgan fingerprint density at radius 1 is 1.39 bits per heavy atom. The number of rotatable bonds is 5. The third-order valence-corrected chi connectivity index (χ3v) is 6.43. The van der Waals surface area contributed by atoms with E-state index in [2.05, 4.69) is 36.6 Å². The molecule has 1 rings (SSSR count). The van der Waals surface area contributed by atoms with Crippen LogP contribution in [0.4, 0.5) is 0 Å².